The summed E-state index contributed by atoms with van der Waals surface area (Å²) in [6.07, 6.45) is 3.04. The Labute approximate surface area is 133 Å². The van der Waals surface area contributed by atoms with Gasteiger partial charge >= 0.3 is 6.09 Å². The number of hydrogen-bond acceptors (Lipinski definition) is 4. The molecule has 6 nitrogen and oxygen atoms in total. The van der Waals surface area contributed by atoms with Crippen LogP contribution < -0.4 is 5.32 Å². The largest absolute Gasteiger partial charge is 0.444 e. The van der Waals surface area contributed by atoms with Crippen LogP contribution in [0.15, 0.2) is 0 Å². The third-order valence-corrected chi connectivity index (χ3v) is 4.23. The second-order valence-corrected chi connectivity index (χ2v) is 7.23. The van der Waals surface area contributed by atoms with Gasteiger partial charge in [-0.05, 0) is 33.6 Å². The van der Waals surface area contributed by atoms with Crippen LogP contribution in [-0.2, 0) is 9.53 Å². The van der Waals surface area contributed by atoms with Crippen molar-refractivity contribution >= 4 is 12.0 Å². The summed E-state index contributed by atoms with van der Waals surface area (Å²) in [5, 5.41) is 3.01. The van der Waals surface area contributed by atoms with Gasteiger partial charge in [0.1, 0.15) is 5.60 Å². The standard InChI is InChI=1S/C16H29N3O3/c1-16(2,3)22-15(21)19-11-9-18(10-12-19)8-7-17-14(20)13-5-4-6-13/h13H,4-12H2,1-3H3,(H,17,20). The van der Waals surface area contributed by atoms with Crippen molar-refractivity contribution in [1.82, 2.24) is 15.1 Å². The monoisotopic (exact) mass is 311 g/mol. The van der Waals surface area contributed by atoms with Gasteiger partial charge in [0.15, 0.2) is 0 Å². The molecule has 0 spiro atoms. The van der Waals surface area contributed by atoms with Crippen molar-refractivity contribution in [2.24, 2.45) is 5.92 Å². The fourth-order valence-electron chi connectivity index (χ4n) is 2.63. The first-order chi connectivity index (χ1) is 10.3. The number of nitrogens with one attached hydrogen (secondary N) is 1. The maximum Gasteiger partial charge on any atom is 0.410 e. The zero-order valence-corrected chi connectivity index (χ0v) is 14.1. The molecule has 126 valence electrons. The van der Waals surface area contributed by atoms with Gasteiger partial charge in [0.25, 0.3) is 0 Å². The summed E-state index contributed by atoms with van der Waals surface area (Å²) < 4.78 is 5.38. The topological polar surface area (TPSA) is 61.9 Å². The zero-order valence-electron chi connectivity index (χ0n) is 14.1. The molecule has 1 saturated carbocycles. The lowest BCUT2D eigenvalue weighted by atomic mass is 9.85. The average molecular weight is 311 g/mol. The Morgan fingerprint density at radius 1 is 1.14 bits per heavy atom. The van der Waals surface area contributed by atoms with Gasteiger partial charge < -0.3 is 15.0 Å². The van der Waals surface area contributed by atoms with Crippen molar-refractivity contribution < 1.29 is 14.3 Å². The van der Waals surface area contributed by atoms with Gasteiger partial charge in [-0.25, -0.2) is 4.79 Å². The van der Waals surface area contributed by atoms with E-state index in [1.165, 1.54) is 6.42 Å². The molecule has 1 aliphatic carbocycles. The molecule has 1 saturated heterocycles. The molecule has 22 heavy (non-hydrogen) atoms. The van der Waals surface area contributed by atoms with Crippen molar-refractivity contribution in [3.8, 4) is 0 Å². The van der Waals surface area contributed by atoms with E-state index in [-0.39, 0.29) is 17.9 Å². The molecule has 6 heteroatoms. The lowest BCUT2D eigenvalue weighted by molar-refractivity contribution is -0.127. The quantitative estimate of drug-likeness (QED) is 0.854. The van der Waals surface area contributed by atoms with E-state index in [1.807, 2.05) is 20.8 Å². The number of nitrogens with zero attached hydrogens (tertiary/aromatic N) is 2. The number of carbonyl (C=O) groups is 2. The van der Waals surface area contributed by atoms with Crippen LogP contribution in [0.4, 0.5) is 4.79 Å². The summed E-state index contributed by atoms with van der Waals surface area (Å²) in [6.45, 7) is 10.2. The number of hydrogen-bond donors (Lipinski definition) is 1. The molecule has 0 atom stereocenters. The van der Waals surface area contributed by atoms with E-state index in [2.05, 4.69) is 10.2 Å². The van der Waals surface area contributed by atoms with E-state index in [9.17, 15) is 9.59 Å². The highest BCUT2D eigenvalue weighted by Gasteiger charge is 2.27. The summed E-state index contributed by atoms with van der Waals surface area (Å²) in [4.78, 5) is 27.7. The minimum absolute atomic E-state index is 0.207. The van der Waals surface area contributed by atoms with Gasteiger partial charge in [0.2, 0.25) is 5.91 Å². The van der Waals surface area contributed by atoms with Crippen molar-refractivity contribution in [1.29, 1.82) is 0 Å². The van der Waals surface area contributed by atoms with Crippen LogP contribution in [0.2, 0.25) is 0 Å². The fourth-order valence-corrected chi connectivity index (χ4v) is 2.63. The lowest BCUT2D eigenvalue weighted by Crippen LogP contribution is -2.51. The molecule has 0 aromatic heterocycles. The van der Waals surface area contributed by atoms with Crippen LogP contribution >= 0.6 is 0 Å². The van der Waals surface area contributed by atoms with E-state index in [0.717, 1.165) is 32.5 Å². The van der Waals surface area contributed by atoms with Gasteiger partial charge in [-0.1, -0.05) is 6.42 Å². The van der Waals surface area contributed by atoms with Gasteiger partial charge in [0.05, 0.1) is 0 Å². The van der Waals surface area contributed by atoms with Crippen LogP contribution in [-0.4, -0.2) is 66.7 Å². The smallest absolute Gasteiger partial charge is 0.410 e. The van der Waals surface area contributed by atoms with Crippen LogP contribution in [0.25, 0.3) is 0 Å². The van der Waals surface area contributed by atoms with Gasteiger partial charge in [0, 0.05) is 45.2 Å². The third kappa shape index (κ3) is 5.16. The maximum absolute atomic E-state index is 12.0. The Balaban J connectivity index is 1.60. The molecule has 2 rings (SSSR count). The van der Waals surface area contributed by atoms with Crippen molar-refractivity contribution in [3.05, 3.63) is 0 Å². The molecule has 0 radical (unpaired) electrons. The maximum atomic E-state index is 12.0. The molecule has 1 heterocycles. The predicted octanol–water partition coefficient (Wildman–Crippen LogP) is 1.46. The molecular formula is C16H29N3O3. The number of rotatable bonds is 4. The number of ether oxygens (including phenoxy) is 1. The Kier molecular flexibility index (Phi) is 5.67. The molecule has 1 N–H and O–H groups in total. The molecule has 2 aliphatic rings. The molecule has 1 aliphatic heterocycles. The summed E-state index contributed by atoms with van der Waals surface area (Å²) >= 11 is 0. The fraction of sp³-hybridized carbons (Fsp3) is 0.875. The first-order valence-corrected chi connectivity index (χ1v) is 8.33. The normalized spacial score (nSPS) is 20.4. The SMILES string of the molecule is CC(C)(C)OC(=O)N1CCN(CCNC(=O)C2CCC2)CC1. The second kappa shape index (κ2) is 7.31. The first kappa shape index (κ1) is 17.1. The molecule has 0 aromatic rings. The van der Waals surface area contributed by atoms with E-state index in [1.54, 1.807) is 4.90 Å². The second-order valence-electron chi connectivity index (χ2n) is 7.23. The lowest BCUT2D eigenvalue weighted by Gasteiger charge is -2.35. The minimum Gasteiger partial charge on any atom is -0.444 e. The molecule has 2 fully saturated rings. The Hall–Kier alpha value is -1.30. The highest BCUT2D eigenvalue weighted by atomic mass is 16.6. The van der Waals surface area contributed by atoms with Gasteiger partial charge in [-0.3, -0.25) is 9.69 Å². The van der Waals surface area contributed by atoms with Crippen molar-refractivity contribution in [2.75, 3.05) is 39.3 Å². The third-order valence-electron chi connectivity index (χ3n) is 4.23. The van der Waals surface area contributed by atoms with Crippen molar-refractivity contribution in [3.63, 3.8) is 0 Å². The highest BCUT2D eigenvalue weighted by molar-refractivity contribution is 5.79. The predicted molar refractivity (Wildman–Crippen MR) is 84.6 cm³/mol. The van der Waals surface area contributed by atoms with Crippen LogP contribution in [0.1, 0.15) is 40.0 Å². The molecular weight excluding hydrogens is 282 g/mol. The summed E-state index contributed by atoms with van der Waals surface area (Å²) in [5.74, 6) is 0.461. The summed E-state index contributed by atoms with van der Waals surface area (Å²) in [5.41, 5.74) is -0.444. The Morgan fingerprint density at radius 3 is 2.27 bits per heavy atom. The zero-order chi connectivity index (χ0) is 16.2. The average Bonchev–Trinajstić information content (AvgIpc) is 2.35. The van der Waals surface area contributed by atoms with Crippen LogP contribution in [0.3, 0.4) is 0 Å². The van der Waals surface area contributed by atoms with Crippen molar-refractivity contribution in [2.45, 2.75) is 45.6 Å². The van der Waals surface area contributed by atoms with E-state index < -0.39 is 5.60 Å². The Bertz CT molecular complexity index is 394. The van der Waals surface area contributed by atoms with E-state index in [4.69, 9.17) is 4.74 Å². The number of carbonyl (C=O) groups excluding carboxylic acids is 2. The molecule has 0 aromatic carbocycles. The van der Waals surface area contributed by atoms with E-state index >= 15 is 0 Å². The molecule has 2 amide bonds. The highest BCUT2D eigenvalue weighted by Crippen LogP contribution is 2.26. The first-order valence-electron chi connectivity index (χ1n) is 8.33. The van der Waals surface area contributed by atoms with Gasteiger partial charge in [-0.2, -0.15) is 0 Å². The van der Waals surface area contributed by atoms with Crippen LogP contribution in [0, 0.1) is 5.92 Å². The Morgan fingerprint density at radius 2 is 1.77 bits per heavy atom. The summed E-state index contributed by atoms with van der Waals surface area (Å²) in [6, 6.07) is 0. The minimum atomic E-state index is -0.444. The molecule has 0 unspecified atom stereocenters. The number of piperazine rings is 1. The molecule has 0 bridgehead atoms. The number of amides is 2. The van der Waals surface area contributed by atoms with E-state index in [0.29, 0.717) is 19.6 Å². The van der Waals surface area contributed by atoms with Crippen LogP contribution in [0.5, 0.6) is 0 Å². The van der Waals surface area contributed by atoms with Gasteiger partial charge in [-0.15, -0.1) is 0 Å². The summed E-state index contributed by atoms with van der Waals surface area (Å²) in [7, 11) is 0.